The molecule has 6 heteroatoms. The molecule has 1 aliphatic heterocycles. The van der Waals surface area contributed by atoms with E-state index in [1.165, 1.54) is 5.57 Å². The zero-order valence-corrected chi connectivity index (χ0v) is 18.3. The highest BCUT2D eigenvalue weighted by molar-refractivity contribution is 5.80. The molecule has 1 aromatic carbocycles. The summed E-state index contributed by atoms with van der Waals surface area (Å²) in [5.74, 6) is -4.34. The largest absolute Gasteiger partial charge is 0.487 e. The highest BCUT2D eigenvalue weighted by atomic mass is 19.3. The van der Waals surface area contributed by atoms with E-state index in [4.69, 9.17) is 14.6 Å². The number of ether oxygens (including phenoxy) is 2. The van der Waals surface area contributed by atoms with Gasteiger partial charge in [-0.2, -0.15) is 8.78 Å². The smallest absolute Gasteiger partial charge is 0.382 e. The van der Waals surface area contributed by atoms with Crippen LogP contribution in [0.25, 0.3) is 0 Å². The van der Waals surface area contributed by atoms with Crippen LogP contribution in [0.3, 0.4) is 0 Å². The summed E-state index contributed by atoms with van der Waals surface area (Å²) in [5.41, 5.74) is 2.41. The molecule has 1 aromatic rings. The molecule has 4 nitrogen and oxygen atoms in total. The van der Waals surface area contributed by atoms with Crippen molar-refractivity contribution in [2.75, 3.05) is 6.61 Å². The molecule has 2 unspecified atom stereocenters. The third kappa shape index (κ3) is 4.53. The van der Waals surface area contributed by atoms with E-state index in [1.807, 2.05) is 13.0 Å². The molecule has 3 rings (SSSR count). The quantitative estimate of drug-likeness (QED) is 0.355. The number of halogens is 2. The average molecular weight is 423 g/mol. The summed E-state index contributed by atoms with van der Waals surface area (Å²) in [7, 11) is 0. The van der Waals surface area contributed by atoms with Gasteiger partial charge in [0.2, 0.25) is 0 Å². The monoisotopic (exact) mass is 422 g/mol. The predicted molar refractivity (Wildman–Crippen MR) is 111 cm³/mol. The van der Waals surface area contributed by atoms with Crippen molar-refractivity contribution in [3.05, 3.63) is 34.9 Å². The van der Waals surface area contributed by atoms with Crippen LogP contribution in [-0.2, 0) is 11.2 Å². The van der Waals surface area contributed by atoms with E-state index in [-0.39, 0.29) is 24.0 Å². The average Bonchev–Trinajstić information content (AvgIpc) is 2.65. The van der Waals surface area contributed by atoms with Gasteiger partial charge < -0.3 is 14.6 Å². The number of aryl methyl sites for hydroxylation is 1. The molecule has 1 heterocycles. The van der Waals surface area contributed by atoms with Gasteiger partial charge in [0, 0.05) is 30.4 Å². The fourth-order valence-corrected chi connectivity index (χ4v) is 4.66. The molecular formula is C24H32F2O4. The summed E-state index contributed by atoms with van der Waals surface area (Å²) in [5, 5.41) is 8.85. The van der Waals surface area contributed by atoms with Gasteiger partial charge in [-0.15, -0.1) is 0 Å². The van der Waals surface area contributed by atoms with Crippen LogP contribution >= 0.6 is 0 Å². The van der Waals surface area contributed by atoms with Crippen LogP contribution in [0, 0.1) is 5.92 Å². The first kappa shape index (κ1) is 22.7. The highest BCUT2D eigenvalue weighted by Gasteiger charge is 2.47. The molecule has 1 N–H and O–H groups in total. The van der Waals surface area contributed by atoms with Crippen molar-refractivity contribution in [1.82, 2.24) is 0 Å². The molecule has 1 aliphatic carbocycles. The van der Waals surface area contributed by atoms with E-state index in [0.29, 0.717) is 11.3 Å². The molecule has 0 spiro atoms. The Hall–Kier alpha value is -1.95. The Morgan fingerprint density at radius 1 is 1.37 bits per heavy atom. The van der Waals surface area contributed by atoms with Crippen LogP contribution < -0.4 is 9.47 Å². The van der Waals surface area contributed by atoms with E-state index in [2.05, 4.69) is 26.8 Å². The second-order valence-electron chi connectivity index (χ2n) is 9.07. The summed E-state index contributed by atoms with van der Waals surface area (Å²) < 4.78 is 40.2. The lowest BCUT2D eigenvalue weighted by molar-refractivity contribution is -0.162. The molecule has 0 aromatic heterocycles. The Bertz CT molecular complexity index is 829. The van der Waals surface area contributed by atoms with Gasteiger partial charge in [-0.1, -0.05) is 25.0 Å². The first-order valence-electron chi connectivity index (χ1n) is 10.8. The van der Waals surface area contributed by atoms with Gasteiger partial charge in [0.1, 0.15) is 17.1 Å². The summed E-state index contributed by atoms with van der Waals surface area (Å²) in [6.07, 6.45) is 4.74. The van der Waals surface area contributed by atoms with Crippen molar-refractivity contribution in [1.29, 1.82) is 0 Å². The van der Waals surface area contributed by atoms with Crippen LogP contribution in [0.2, 0.25) is 0 Å². The summed E-state index contributed by atoms with van der Waals surface area (Å²) >= 11 is 0. The number of aliphatic hydroxyl groups is 1. The number of esters is 1. The molecule has 0 saturated heterocycles. The zero-order chi connectivity index (χ0) is 22.1. The fourth-order valence-electron chi connectivity index (χ4n) is 4.66. The van der Waals surface area contributed by atoms with Gasteiger partial charge in [0.25, 0.3) is 0 Å². The number of alkyl halides is 2. The SMILES string of the molecule is CCCc1cc(OC(=O)C(F)(F)CCCO)c2c(c1)OC(C)(C)C1CCC(C)=CC21. The summed E-state index contributed by atoms with van der Waals surface area (Å²) in [6, 6.07) is 3.66. The Morgan fingerprint density at radius 2 is 2.10 bits per heavy atom. The first-order chi connectivity index (χ1) is 14.1. The zero-order valence-electron chi connectivity index (χ0n) is 18.3. The van der Waals surface area contributed by atoms with E-state index in [9.17, 15) is 13.6 Å². The van der Waals surface area contributed by atoms with Crippen LogP contribution in [0.1, 0.15) is 76.8 Å². The number of benzene rings is 1. The maximum Gasteiger partial charge on any atom is 0.382 e. The standard InChI is InChI=1S/C24H32F2O4/c1-5-7-16-13-19(29-22(28)24(25,26)10-6-11-27)21-17-12-15(2)8-9-18(17)23(3,4)30-20(21)14-16/h12-14,17-18,27H,5-11H2,1-4H3. The Balaban J connectivity index is 2.06. The number of hydrogen-bond acceptors (Lipinski definition) is 4. The van der Waals surface area contributed by atoms with Gasteiger partial charge in [-0.25, -0.2) is 4.79 Å². The van der Waals surface area contributed by atoms with Crippen LogP contribution in [0.5, 0.6) is 11.5 Å². The van der Waals surface area contributed by atoms with Gasteiger partial charge in [-0.3, -0.25) is 0 Å². The van der Waals surface area contributed by atoms with Crippen LogP contribution in [0.15, 0.2) is 23.8 Å². The Morgan fingerprint density at radius 3 is 2.77 bits per heavy atom. The second-order valence-corrected chi connectivity index (χ2v) is 9.07. The predicted octanol–water partition coefficient (Wildman–Crippen LogP) is 5.56. The number of carbonyl (C=O) groups is 1. The van der Waals surface area contributed by atoms with E-state index >= 15 is 0 Å². The van der Waals surface area contributed by atoms with E-state index in [1.54, 1.807) is 6.07 Å². The molecule has 0 bridgehead atoms. The minimum Gasteiger partial charge on any atom is -0.487 e. The molecule has 30 heavy (non-hydrogen) atoms. The molecule has 0 amide bonds. The molecule has 0 radical (unpaired) electrons. The lowest BCUT2D eigenvalue weighted by Gasteiger charge is -2.46. The van der Waals surface area contributed by atoms with Crippen molar-refractivity contribution in [2.45, 2.75) is 83.7 Å². The summed E-state index contributed by atoms with van der Waals surface area (Å²) in [4.78, 5) is 12.3. The van der Waals surface area contributed by atoms with Gasteiger partial charge in [-0.05, 0) is 64.2 Å². The maximum absolute atomic E-state index is 14.3. The van der Waals surface area contributed by atoms with E-state index in [0.717, 1.165) is 31.2 Å². The van der Waals surface area contributed by atoms with Crippen LogP contribution in [-0.4, -0.2) is 29.2 Å². The molecule has 166 valence electrons. The number of aliphatic hydroxyl groups excluding tert-OH is 1. The number of allylic oxidation sites excluding steroid dienone is 2. The number of hydrogen-bond donors (Lipinski definition) is 1. The van der Waals surface area contributed by atoms with Gasteiger partial charge in [0.15, 0.2) is 0 Å². The molecule has 2 atom stereocenters. The Labute approximate surface area is 177 Å². The fraction of sp³-hybridized carbons (Fsp3) is 0.625. The molecule has 0 saturated carbocycles. The van der Waals surface area contributed by atoms with Crippen molar-refractivity contribution in [3.8, 4) is 11.5 Å². The normalized spacial score (nSPS) is 22.4. The second kappa shape index (κ2) is 8.66. The minimum atomic E-state index is -3.65. The number of carbonyl (C=O) groups excluding carboxylic acids is 1. The van der Waals surface area contributed by atoms with Crippen LogP contribution in [0.4, 0.5) is 8.78 Å². The van der Waals surface area contributed by atoms with E-state index < -0.39 is 30.5 Å². The molecular weight excluding hydrogens is 390 g/mol. The lowest BCUT2D eigenvalue weighted by atomic mass is 9.68. The third-order valence-electron chi connectivity index (χ3n) is 6.20. The van der Waals surface area contributed by atoms with Crippen molar-refractivity contribution >= 4 is 5.97 Å². The summed E-state index contributed by atoms with van der Waals surface area (Å²) in [6.45, 7) is 7.81. The van der Waals surface area contributed by atoms with Crippen molar-refractivity contribution in [2.24, 2.45) is 5.92 Å². The lowest BCUT2D eigenvalue weighted by Crippen LogP contribution is -2.45. The highest BCUT2D eigenvalue weighted by Crippen LogP contribution is 2.54. The van der Waals surface area contributed by atoms with Crippen molar-refractivity contribution < 1.29 is 28.2 Å². The van der Waals surface area contributed by atoms with Gasteiger partial charge >= 0.3 is 11.9 Å². The minimum absolute atomic E-state index is 0.0537. The number of rotatable bonds is 7. The molecule has 2 aliphatic rings. The van der Waals surface area contributed by atoms with Crippen molar-refractivity contribution in [3.63, 3.8) is 0 Å². The number of fused-ring (bicyclic) bond motifs is 3. The molecule has 0 fully saturated rings. The Kier molecular flexibility index (Phi) is 6.56. The third-order valence-corrected chi connectivity index (χ3v) is 6.20. The first-order valence-corrected chi connectivity index (χ1v) is 10.8. The maximum atomic E-state index is 14.3. The van der Waals surface area contributed by atoms with Gasteiger partial charge in [0.05, 0.1) is 0 Å². The topological polar surface area (TPSA) is 55.8 Å².